The second-order valence-corrected chi connectivity index (χ2v) is 9.39. The van der Waals surface area contributed by atoms with E-state index in [1.807, 2.05) is 86.6 Å². The van der Waals surface area contributed by atoms with Crippen LogP contribution in [0.3, 0.4) is 0 Å². The third kappa shape index (κ3) is 7.86. The van der Waals surface area contributed by atoms with Gasteiger partial charge in [-0.15, -0.1) is 0 Å². The highest BCUT2D eigenvalue weighted by Gasteiger charge is 2.30. The van der Waals surface area contributed by atoms with Crippen molar-refractivity contribution in [1.29, 1.82) is 0 Å². The lowest BCUT2D eigenvalue weighted by molar-refractivity contribution is -0.140. The van der Waals surface area contributed by atoms with Crippen LogP contribution in [0.15, 0.2) is 78.9 Å². The molecule has 3 rings (SSSR count). The number of ether oxygens (including phenoxy) is 1. The number of methoxy groups -OCH3 is 1. The van der Waals surface area contributed by atoms with Gasteiger partial charge < -0.3 is 15.0 Å². The van der Waals surface area contributed by atoms with E-state index in [9.17, 15) is 9.59 Å². The first-order chi connectivity index (χ1) is 16.9. The van der Waals surface area contributed by atoms with Gasteiger partial charge in [0, 0.05) is 24.5 Å². The van der Waals surface area contributed by atoms with Crippen molar-refractivity contribution in [3.63, 3.8) is 0 Å². The van der Waals surface area contributed by atoms with Crippen LogP contribution in [-0.2, 0) is 29.0 Å². The Bertz CT molecular complexity index is 1100. The number of nitrogens with zero attached hydrogens (tertiary/aromatic N) is 1. The molecule has 2 amide bonds. The van der Waals surface area contributed by atoms with E-state index in [2.05, 4.69) is 5.32 Å². The van der Waals surface area contributed by atoms with Crippen molar-refractivity contribution in [2.45, 2.75) is 39.3 Å². The van der Waals surface area contributed by atoms with E-state index >= 15 is 0 Å². The molecule has 3 aromatic rings. The molecule has 35 heavy (non-hydrogen) atoms. The molecule has 0 heterocycles. The molecular weight excluding hydrogens is 460 g/mol. The Balaban J connectivity index is 1.95. The zero-order chi connectivity index (χ0) is 25.2. The van der Waals surface area contributed by atoms with E-state index in [1.54, 1.807) is 18.1 Å². The molecule has 0 radical (unpaired) electrons. The van der Waals surface area contributed by atoms with Gasteiger partial charge in [-0.05, 0) is 40.8 Å². The number of carbonyl (C=O) groups is 2. The minimum Gasteiger partial charge on any atom is -0.497 e. The number of nitrogens with one attached hydrogen (secondary N) is 1. The van der Waals surface area contributed by atoms with Gasteiger partial charge >= 0.3 is 0 Å². The molecule has 0 saturated heterocycles. The van der Waals surface area contributed by atoms with Gasteiger partial charge in [-0.2, -0.15) is 0 Å². The van der Waals surface area contributed by atoms with E-state index in [0.29, 0.717) is 23.9 Å². The Hall–Kier alpha value is -3.31. The Kier molecular flexibility index (Phi) is 9.74. The first-order valence-corrected chi connectivity index (χ1v) is 12.2. The van der Waals surface area contributed by atoms with Crippen LogP contribution in [-0.4, -0.2) is 36.4 Å². The molecule has 1 atom stereocenters. The first kappa shape index (κ1) is 26.3. The Labute approximate surface area is 213 Å². The lowest BCUT2D eigenvalue weighted by atomic mass is 10.0. The predicted octanol–water partition coefficient (Wildman–Crippen LogP) is 5.30. The lowest BCUT2D eigenvalue weighted by Crippen LogP contribution is -2.51. The fourth-order valence-electron chi connectivity index (χ4n) is 3.81. The van der Waals surface area contributed by atoms with E-state index in [0.717, 1.165) is 22.4 Å². The second-order valence-electron chi connectivity index (χ2n) is 8.98. The van der Waals surface area contributed by atoms with Crippen LogP contribution < -0.4 is 10.1 Å². The van der Waals surface area contributed by atoms with Crippen LogP contribution in [0.2, 0.25) is 5.02 Å². The van der Waals surface area contributed by atoms with Crippen molar-refractivity contribution in [1.82, 2.24) is 10.2 Å². The molecule has 6 heteroatoms. The SMILES string of the molecule is COc1ccc(CC(=O)N(Cc2ccccc2Cl)[C@@H](Cc2ccccc2)C(=O)NCC(C)C)cc1. The zero-order valence-electron chi connectivity index (χ0n) is 20.5. The van der Waals surface area contributed by atoms with Crippen LogP contribution in [0.4, 0.5) is 0 Å². The molecule has 0 aliphatic rings. The molecule has 3 aromatic carbocycles. The fourth-order valence-corrected chi connectivity index (χ4v) is 4.00. The summed E-state index contributed by atoms with van der Waals surface area (Å²) in [5.41, 5.74) is 2.63. The summed E-state index contributed by atoms with van der Waals surface area (Å²) in [6.07, 6.45) is 0.570. The number of halogens is 1. The monoisotopic (exact) mass is 492 g/mol. The molecular formula is C29H33ClN2O3. The minimum atomic E-state index is -0.682. The maximum Gasteiger partial charge on any atom is 0.243 e. The van der Waals surface area contributed by atoms with E-state index in [4.69, 9.17) is 16.3 Å². The van der Waals surface area contributed by atoms with Crippen LogP contribution in [0.1, 0.15) is 30.5 Å². The Morgan fingerprint density at radius 3 is 2.20 bits per heavy atom. The highest BCUT2D eigenvalue weighted by atomic mass is 35.5. The van der Waals surface area contributed by atoms with E-state index < -0.39 is 6.04 Å². The molecule has 0 aliphatic carbocycles. The summed E-state index contributed by atoms with van der Waals surface area (Å²) >= 11 is 6.46. The molecule has 0 unspecified atom stereocenters. The molecule has 0 aliphatic heterocycles. The topological polar surface area (TPSA) is 58.6 Å². The van der Waals surface area contributed by atoms with Gasteiger partial charge in [-0.25, -0.2) is 0 Å². The van der Waals surface area contributed by atoms with Crippen LogP contribution in [0.5, 0.6) is 5.75 Å². The van der Waals surface area contributed by atoms with Crippen molar-refractivity contribution in [2.24, 2.45) is 5.92 Å². The average Bonchev–Trinajstić information content (AvgIpc) is 2.86. The van der Waals surface area contributed by atoms with Gasteiger partial charge in [-0.1, -0.05) is 86.1 Å². The molecule has 0 bridgehead atoms. The van der Waals surface area contributed by atoms with Crippen LogP contribution in [0.25, 0.3) is 0 Å². The predicted molar refractivity (Wildman–Crippen MR) is 140 cm³/mol. The largest absolute Gasteiger partial charge is 0.497 e. The number of rotatable bonds is 11. The van der Waals surface area contributed by atoms with Crippen LogP contribution >= 0.6 is 11.6 Å². The molecule has 0 saturated carbocycles. The normalized spacial score (nSPS) is 11.7. The third-order valence-electron chi connectivity index (χ3n) is 5.77. The Morgan fingerprint density at radius 2 is 1.57 bits per heavy atom. The lowest BCUT2D eigenvalue weighted by Gasteiger charge is -2.32. The fraction of sp³-hybridized carbons (Fsp3) is 0.310. The molecule has 0 spiro atoms. The summed E-state index contributed by atoms with van der Waals surface area (Å²) in [5, 5.41) is 3.60. The summed E-state index contributed by atoms with van der Waals surface area (Å²) in [6.45, 7) is 4.86. The van der Waals surface area contributed by atoms with Gasteiger partial charge in [0.25, 0.3) is 0 Å². The highest BCUT2D eigenvalue weighted by Crippen LogP contribution is 2.22. The second kappa shape index (κ2) is 13.0. The molecule has 1 N–H and O–H groups in total. The van der Waals surface area contributed by atoms with Crippen LogP contribution in [0, 0.1) is 5.92 Å². The standard InChI is InChI=1S/C29H33ClN2O3/c1-21(2)19-31-29(34)27(17-22-9-5-4-6-10-22)32(20-24-11-7-8-12-26(24)30)28(33)18-23-13-15-25(35-3)16-14-23/h4-16,21,27H,17-20H2,1-3H3,(H,31,34)/t27-/m0/s1. The van der Waals surface area contributed by atoms with Gasteiger partial charge in [0.15, 0.2) is 0 Å². The highest BCUT2D eigenvalue weighted by molar-refractivity contribution is 6.31. The van der Waals surface area contributed by atoms with Gasteiger partial charge in [0.2, 0.25) is 11.8 Å². The molecule has 0 fully saturated rings. The number of benzene rings is 3. The van der Waals surface area contributed by atoms with Crippen molar-refractivity contribution in [2.75, 3.05) is 13.7 Å². The summed E-state index contributed by atoms with van der Waals surface area (Å²) in [7, 11) is 1.61. The van der Waals surface area contributed by atoms with E-state index in [-0.39, 0.29) is 24.8 Å². The maximum atomic E-state index is 13.7. The number of hydrogen-bond acceptors (Lipinski definition) is 3. The maximum absolute atomic E-state index is 13.7. The zero-order valence-corrected chi connectivity index (χ0v) is 21.3. The summed E-state index contributed by atoms with van der Waals surface area (Å²) in [6, 6.07) is 23.9. The van der Waals surface area contributed by atoms with Gasteiger partial charge in [0.05, 0.1) is 13.5 Å². The number of hydrogen-bond donors (Lipinski definition) is 1. The summed E-state index contributed by atoms with van der Waals surface area (Å²) < 4.78 is 5.23. The molecule has 5 nitrogen and oxygen atoms in total. The summed E-state index contributed by atoms with van der Waals surface area (Å²) in [5.74, 6) is 0.709. The molecule has 184 valence electrons. The minimum absolute atomic E-state index is 0.143. The van der Waals surface area contributed by atoms with E-state index in [1.165, 1.54) is 0 Å². The van der Waals surface area contributed by atoms with Gasteiger partial charge in [-0.3, -0.25) is 9.59 Å². The molecule has 0 aromatic heterocycles. The van der Waals surface area contributed by atoms with Gasteiger partial charge in [0.1, 0.15) is 11.8 Å². The van der Waals surface area contributed by atoms with Crippen molar-refractivity contribution >= 4 is 23.4 Å². The average molecular weight is 493 g/mol. The smallest absolute Gasteiger partial charge is 0.243 e. The Morgan fingerprint density at radius 1 is 0.914 bits per heavy atom. The summed E-state index contributed by atoms with van der Waals surface area (Å²) in [4.78, 5) is 28.8. The van der Waals surface area contributed by atoms with Crippen molar-refractivity contribution in [3.05, 3.63) is 101 Å². The number of amides is 2. The van der Waals surface area contributed by atoms with Crippen molar-refractivity contribution < 1.29 is 14.3 Å². The van der Waals surface area contributed by atoms with Crippen molar-refractivity contribution in [3.8, 4) is 5.75 Å². The number of carbonyl (C=O) groups excluding carboxylic acids is 2. The quantitative estimate of drug-likeness (QED) is 0.395. The third-order valence-corrected chi connectivity index (χ3v) is 6.14. The first-order valence-electron chi connectivity index (χ1n) is 11.8.